The van der Waals surface area contributed by atoms with Crippen LogP contribution in [0.4, 0.5) is 0 Å². The minimum atomic E-state index is -0.735. The summed E-state index contributed by atoms with van der Waals surface area (Å²) in [6.45, 7) is -0.102. The molecule has 4 rings (SSSR count). The van der Waals surface area contributed by atoms with Crippen LogP contribution < -0.4 is 4.84 Å². The summed E-state index contributed by atoms with van der Waals surface area (Å²) in [5.74, 6) is -1.48. The Bertz CT molecular complexity index is 1060. The molecule has 27 heavy (non-hydrogen) atoms. The van der Waals surface area contributed by atoms with E-state index in [1.807, 2.05) is 48.5 Å². The average Bonchev–Trinajstić information content (AvgIpc) is 2.99. The van der Waals surface area contributed by atoms with Crippen LogP contribution in [-0.2, 0) is 16.1 Å². The molecule has 0 unspecified atom stereocenters. The molecule has 0 fully saturated rings. The molecule has 3 aromatic carbocycles. The first kappa shape index (κ1) is 16.9. The maximum atomic E-state index is 11.9. The molecule has 2 N–H and O–H groups in total. The zero-order chi connectivity index (χ0) is 18.8. The van der Waals surface area contributed by atoms with E-state index < -0.39 is 5.97 Å². The fraction of sp³-hybridized carbons (Fsp3) is 0.0952. The van der Waals surface area contributed by atoms with E-state index in [1.165, 1.54) is 12.1 Å². The third-order valence-corrected chi connectivity index (χ3v) is 4.34. The van der Waals surface area contributed by atoms with Crippen LogP contribution in [0.1, 0.15) is 5.56 Å². The van der Waals surface area contributed by atoms with Crippen molar-refractivity contribution in [1.82, 2.24) is 4.73 Å². The van der Waals surface area contributed by atoms with Crippen molar-refractivity contribution in [3.8, 4) is 11.8 Å². The zero-order valence-electron chi connectivity index (χ0n) is 14.3. The molecule has 0 atom stereocenters. The number of fused-ring (bicyclic) bond motifs is 2. The maximum Gasteiger partial charge on any atom is 0.358 e. The second kappa shape index (κ2) is 7.01. The third-order valence-electron chi connectivity index (χ3n) is 4.34. The number of aromatic nitrogens is 1. The van der Waals surface area contributed by atoms with E-state index in [0.717, 1.165) is 27.1 Å². The number of hydrogen-bond acceptors (Lipinski definition) is 5. The second-order valence-corrected chi connectivity index (χ2v) is 6.10. The number of carbonyl (C=O) groups is 1. The van der Waals surface area contributed by atoms with E-state index in [9.17, 15) is 15.0 Å². The summed E-state index contributed by atoms with van der Waals surface area (Å²) in [6.07, 6.45) is 0. The molecule has 4 aromatic rings. The second-order valence-electron chi connectivity index (χ2n) is 6.10. The van der Waals surface area contributed by atoms with Crippen LogP contribution >= 0.6 is 0 Å². The summed E-state index contributed by atoms with van der Waals surface area (Å²) in [5, 5.41) is 23.3. The highest BCUT2D eigenvalue weighted by Gasteiger charge is 2.13. The Morgan fingerprint density at radius 2 is 1.41 bits per heavy atom. The van der Waals surface area contributed by atoms with Crippen molar-refractivity contribution in [1.29, 1.82) is 0 Å². The van der Waals surface area contributed by atoms with Gasteiger partial charge in [-0.05, 0) is 33.2 Å². The largest absolute Gasteiger partial charge is 0.492 e. The van der Waals surface area contributed by atoms with Crippen LogP contribution in [0, 0.1) is 0 Å². The predicted molar refractivity (Wildman–Crippen MR) is 100 cm³/mol. The highest BCUT2D eigenvalue weighted by atomic mass is 16.7. The highest BCUT2D eigenvalue weighted by molar-refractivity contribution is 6.02. The van der Waals surface area contributed by atoms with Gasteiger partial charge in [-0.3, -0.25) is 0 Å². The lowest BCUT2D eigenvalue weighted by Crippen LogP contribution is -2.23. The van der Waals surface area contributed by atoms with Gasteiger partial charge in [-0.15, -0.1) is 4.73 Å². The fourth-order valence-corrected chi connectivity index (χ4v) is 3.12. The summed E-state index contributed by atoms with van der Waals surface area (Å²) in [4.78, 5) is 16.8. The molecule has 0 saturated carbocycles. The van der Waals surface area contributed by atoms with Crippen LogP contribution in [0.3, 0.4) is 0 Å². The van der Waals surface area contributed by atoms with E-state index in [2.05, 4.69) is 6.07 Å². The van der Waals surface area contributed by atoms with Gasteiger partial charge < -0.3 is 19.8 Å². The number of rotatable bonds is 5. The molecule has 0 amide bonds. The van der Waals surface area contributed by atoms with Gasteiger partial charge in [-0.25, -0.2) is 4.79 Å². The number of ether oxygens (including phenoxy) is 1. The molecule has 0 aliphatic rings. The summed E-state index contributed by atoms with van der Waals surface area (Å²) < 4.78 is 6.21. The van der Waals surface area contributed by atoms with Crippen molar-refractivity contribution >= 4 is 27.5 Å². The average molecular weight is 363 g/mol. The van der Waals surface area contributed by atoms with Crippen molar-refractivity contribution in [3.63, 3.8) is 0 Å². The Hall–Kier alpha value is -3.51. The fourth-order valence-electron chi connectivity index (χ4n) is 3.12. The number of hydrogen-bond donors (Lipinski definition) is 2. The van der Waals surface area contributed by atoms with Crippen LogP contribution in [0.2, 0.25) is 0 Å². The minimum absolute atomic E-state index is 0.223. The predicted octanol–water partition coefficient (Wildman–Crippen LogP) is 3.38. The van der Waals surface area contributed by atoms with Gasteiger partial charge in [0, 0.05) is 12.1 Å². The Morgan fingerprint density at radius 3 is 2.00 bits per heavy atom. The Morgan fingerprint density at radius 1 is 0.852 bits per heavy atom. The Labute approximate surface area is 154 Å². The van der Waals surface area contributed by atoms with Crippen molar-refractivity contribution in [2.75, 3.05) is 6.61 Å². The van der Waals surface area contributed by atoms with Gasteiger partial charge >= 0.3 is 5.97 Å². The number of nitrogens with zero attached hydrogens (tertiary/aromatic N) is 1. The standard InChI is InChI=1S/C21H17NO5/c23-19-9-10-20(24)22(19)27-21(25)13-26-12-18-16-7-3-1-5-14(16)11-15-6-2-4-8-17(15)18/h1-11,23-24H,12-13H2. The van der Waals surface area contributed by atoms with Gasteiger partial charge in [0.25, 0.3) is 0 Å². The van der Waals surface area contributed by atoms with Crippen LogP contribution in [0.15, 0.2) is 66.7 Å². The third kappa shape index (κ3) is 3.30. The molecule has 6 heteroatoms. The smallest absolute Gasteiger partial charge is 0.358 e. The number of benzene rings is 3. The van der Waals surface area contributed by atoms with Gasteiger partial charge in [-0.2, -0.15) is 0 Å². The molecular weight excluding hydrogens is 346 g/mol. The highest BCUT2D eigenvalue weighted by Crippen LogP contribution is 2.29. The van der Waals surface area contributed by atoms with Gasteiger partial charge in [0.05, 0.1) is 6.61 Å². The van der Waals surface area contributed by atoms with E-state index >= 15 is 0 Å². The lowest BCUT2D eigenvalue weighted by molar-refractivity contribution is -0.151. The monoisotopic (exact) mass is 363 g/mol. The van der Waals surface area contributed by atoms with E-state index in [0.29, 0.717) is 4.73 Å². The van der Waals surface area contributed by atoms with E-state index in [-0.39, 0.29) is 25.0 Å². The molecule has 0 spiro atoms. The van der Waals surface area contributed by atoms with Gasteiger partial charge in [0.1, 0.15) is 6.61 Å². The molecule has 1 aromatic heterocycles. The maximum absolute atomic E-state index is 11.9. The first-order chi connectivity index (χ1) is 13.1. The van der Waals surface area contributed by atoms with Crippen molar-refractivity contribution < 1.29 is 24.6 Å². The Kier molecular flexibility index (Phi) is 4.40. The molecule has 0 bridgehead atoms. The molecule has 1 heterocycles. The van der Waals surface area contributed by atoms with Crippen molar-refractivity contribution in [2.45, 2.75) is 6.61 Å². The summed E-state index contributed by atoms with van der Waals surface area (Å²) in [6, 6.07) is 20.6. The first-order valence-electron chi connectivity index (χ1n) is 8.41. The van der Waals surface area contributed by atoms with Gasteiger partial charge in [0.15, 0.2) is 0 Å². The van der Waals surface area contributed by atoms with Crippen molar-refractivity contribution in [3.05, 3.63) is 72.3 Å². The number of carbonyl (C=O) groups excluding carboxylic acids is 1. The van der Waals surface area contributed by atoms with E-state index in [4.69, 9.17) is 9.57 Å². The lowest BCUT2D eigenvalue weighted by Gasteiger charge is -2.12. The Balaban J connectivity index is 1.54. The quantitative estimate of drug-likeness (QED) is 0.531. The molecule has 0 aliphatic heterocycles. The zero-order valence-corrected chi connectivity index (χ0v) is 14.3. The molecular formula is C21H17NO5. The molecule has 6 nitrogen and oxygen atoms in total. The van der Waals surface area contributed by atoms with Crippen molar-refractivity contribution in [2.24, 2.45) is 0 Å². The normalized spacial score (nSPS) is 11.1. The number of aromatic hydroxyl groups is 2. The van der Waals surface area contributed by atoms with Crippen LogP contribution in [0.5, 0.6) is 11.8 Å². The van der Waals surface area contributed by atoms with E-state index in [1.54, 1.807) is 0 Å². The SMILES string of the molecule is O=C(COCc1c2ccccc2cc2ccccc12)On1c(O)ccc1O. The summed E-state index contributed by atoms with van der Waals surface area (Å²) >= 11 is 0. The first-order valence-corrected chi connectivity index (χ1v) is 8.41. The molecule has 136 valence electrons. The van der Waals surface area contributed by atoms with Gasteiger partial charge in [0.2, 0.25) is 11.8 Å². The van der Waals surface area contributed by atoms with Crippen LogP contribution in [0.25, 0.3) is 21.5 Å². The lowest BCUT2D eigenvalue weighted by atomic mass is 9.97. The molecule has 0 radical (unpaired) electrons. The summed E-state index contributed by atoms with van der Waals surface area (Å²) in [5.41, 5.74) is 0.989. The molecule has 0 saturated heterocycles. The minimum Gasteiger partial charge on any atom is -0.492 e. The van der Waals surface area contributed by atoms with Crippen LogP contribution in [-0.4, -0.2) is 27.5 Å². The molecule has 0 aliphatic carbocycles. The topological polar surface area (TPSA) is 80.9 Å². The summed E-state index contributed by atoms with van der Waals surface area (Å²) in [7, 11) is 0. The van der Waals surface area contributed by atoms with Gasteiger partial charge in [-0.1, -0.05) is 48.5 Å².